The van der Waals surface area contributed by atoms with Gasteiger partial charge in [-0.05, 0) is 43.7 Å². The van der Waals surface area contributed by atoms with Gasteiger partial charge in [-0.15, -0.1) is 0 Å². The average Bonchev–Trinajstić information content (AvgIpc) is 3.30. The Hall–Kier alpha value is -1.25. The van der Waals surface area contributed by atoms with Gasteiger partial charge in [-0.3, -0.25) is 0 Å². The van der Waals surface area contributed by atoms with Crippen molar-refractivity contribution in [2.45, 2.75) is 51.0 Å². The van der Waals surface area contributed by atoms with E-state index in [2.05, 4.69) is 4.90 Å². The predicted molar refractivity (Wildman–Crippen MR) is 79.9 cm³/mol. The summed E-state index contributed by atoms with van der Waals surface area (Å²) in [6.45, 7) is 1.10. The van der Waals surface area contributed by atoms with Gasteiger partial charge in [0.25, 0.3) is 0 Å². The molecule has 1 aromatic carbocycles. The molecule has 0 atom stereocenters. The van der Waals surface area contributed by atoms with E-state index in [9.17, 15) is 4.39 Å². The molecule has 0 N–H and O–H groups in total. The summed E-state index contributed by atoms with van der Waals surface area (Å²) in [6, 6.07) is 5.56. The first-order chi connectivity index (χ1) is 9.78. The number of nitrogens with zero attached hydrogens (tertiary/aromatic N) is 1. The fourth-order valence-electron chi connectivity index (χ4n) is 3.30. The largest absolute Gasteiger partial charge is 0.494 e. The van der Waals surface area contributed by atoms with Crippen LogP contribution in [0.4, 0.5) is 10.1 Å². The Balaban J connectivity index is 1.86. The molecule has 0 bridgehead atoms. The highest BCUT2D eigenvalue weighted by Crippen LogP contribution is 2.38. The lowest BCUT2D eigenvalue weighted by Crippen LogP contribution is -2.38. The molecule has 3 heteroatoms. The fraction of sp³-hybridized carbons (Fsp3) is 0.647. The van der Waals surface area contributed by atoms with Gasteiger partial charge < -0.3 is 9.64 Å². The third kappa shape index (κ3) is 3.08. The highest BCUT2D eigenvalue weighted by atomic mass is 19.1. The van der Waals surface area contributed by atoms with E-state index < -0.39 is 0 Å². The number of methoxy groups -OCH3 is 1. The fourth-order valence-corrected chi connectivity index (χ4v) is 3.30. The molecule has 110 valence electrons. The number of anilines is 1. The predicted octanol–water partition coefficient (Wildman–Crippen LogP) is 4.38. The van der Waals surface area contributed by atoms with Crippen LogP contribution in [0.15, 0.2) is 18.2 Å². The molecule has 0 radical (unpaired) electrons. The van der Waals surface area contributed by atoms with Crippen LogP contribution in [0.5, 0.6) is 5.75 Å². The van der Waals surface area contributed by atoms with Gasteiger partial charge in [0.05, 0.1) is 12.8 Å². The maximum absolute atomic E-state index is 13.4. The molecule has 0 aromatic heterocycles. The molecule has 3 rings (SSSR count). The maximum Gasteiger partial charge on any atom is 0.145 e. The van der Waals surface area contributed by atoms with Crippen molar-refractivity contribution >= 4 is 5.69 Å². The first kappa shape index (κ1) is 13.7. The second-order valence-electron chi connectivity index (χ2n) is 6.20. The van der Waals surface area contributed by atoms with Crippen LogP contribution in [0.3, 0.4) is 0 Å². The first-order valence-corrected chi connectivity index (χ1v) is 7.88. The van der Waals surface area contributed by atoms with Gasteiger partial charge in [-0.2, -0.15) is 0 Å². The van der Waals surface area contributed by atoms with Crippen molar-refractivity contribution in [2.24, 2.45) is 5.92 Å². The highest BCUT2D eigenvalue weighted by Gasteiger charge is 2.30. The van der Waals surface area contributed by atoms with Gasteiger partial charge in [0.15, 0.2) is 0 Å². The quantitative estimate of drug-likeness (QED) is 0.791. The van der Waals surface area contributed by atoms with Crippen molar-refractivity contribution in [3.05, 3.63) is 24.0 Å². The van der Waals surface area contributed by atoms with E-state index in [1.165, 1.54) is 51.0 Å². The topological polar surface area (TPSA) is 12.5 Å². The molecule has 0 spiro atoms. The van der Waals surface area contributed by atoms with Crippen molar-refractivity contribution in [1.29, 1.82) is 0 Å². The minimum absolute atomic E-state index is 0.222. The normalized spacial score (nSPS) is 19.9. The van der Waals surface area contributed by atoms with Gasteiger partial charge in [0, 0.05) is 18.7 Å². The molecule has 2 fully saturated rings. The van der Waals surface area contributed by atoms with E-state index in [-0.39, 0.29) is 5.82 Å². The summed E-state index contributed by atoms with van der Waals surface area (Å²) in [7, 11) is 1.63. The zero-order valence-corrected chi connectivity index (χ0v) is 12.3. The van der Waals surface area contributed by atoms with Crippen molar-refractivity contribution in [1.82, 2.24) is 0 Å². The van der Waals surface area contributed by atoms with Gasteiger partial charge >= 0.3 is 0 Å². The SMILES string of the molecule is COc1cc(F)ccc1N(CC1CC1)C1CCCCC1. The Morgan fingerprint density at radius 1 is 1.15 bits per heavy atom. The molecule has 2 aliphatic carbocycles. The Morgan fingerprint density at radius 2 is 1.90 bits per heavy atom. The number of halogens is 1. The summed E-state index contributed by atoms with van der Waals surface area (Å²) in [5.41, 5.74) is 1.08. The van der Waals surface area contributed by atoms with E-state index in [4.69, 9.17) is 4.74 Å². The summed E-state index contributed by atoms with van der Waals surface area (Å²) in [4.78, 5) is 2.50. The number of hydrogen-bond donors (Lipinski definition) is 0. The summed E-state index contributed by atoms with van der Waals surface area (Å²) >= 11 is 0. The maximum atomic E-state index is 13.4. The highest BCUT2D eigenvalue weighted by molar-refractivity contribution is 5.59. The number of benzene rings is 1. The Kier molecular flexibility index (Phi) is 4.13. The lowest BCUT2D eigenvalue weighted by Gasteiger charge is -2.37. The first-order valence-electron chi connectivity index (χ1n) is 7.88. The van der Waals surface area contributed by atoms with Crippen LogP contribution >= 0.6 is 0 Å². The molecule has 1 aromatic rings. The van der Waals surface area contributed by atoms with E-state index in [1.807, 2.05) is 6.07 Å². The molecule has 0 heterocycles. The van der Waals surface area contributed by atoms with E-state index in [0.717, 1.165) is 18.2 Å². The second-order valence-corrected chi connectivity index (χ2v) is 6.20. The zero-order chi connectivity index (χ0) is 13.9. The molecule has 2 saturated carbocycles. The Bertz CT molecular complexity index is 452. The molecule has 0 aliphatic heterocycles. The molecular formula is C17H24FNO. The average molecular weight is 277 g/mol. The standard InChI is InChI=1S/C17H24FNO/c1-20-17-11-14(18)9-10-16(17)19(12-13-7-8-13)15-5-3-2-4-6-15/h9-11,13,15H,2-8,12H2,1H3. The molecule has 0 saturated heterocycles. The Labute approximate surface area is 120 Å². The molecule has 20 heavy (non-hydrogen) atoms. The van der Waals surface area contributed by atoms with Crippen LogP contribution in [-0.2, 0) is 0 Å². The number of ether oxygens (including phenoxy) is 1. The monoisotopic (exact) mass is 277 g/mol. The van der Waals surface area contributed by atoms with Crippen LogP contribution < -0.4 is 9.64 Å². The van der Waals surface area contributed by atoms with Crippen molar-refractivity contribution < 1.29 is 9.13 Å². The summed E-state index contributed by atoms with van der Waals surface area (Å²) < 4.78 is 18.8. The number of hydrogen-bond acceptors (Lipinski definition) is 2. The third-order valence-corrected chi connectivity index (χ3v) is 4.62. The van der Waals surface area contributed by atoms with E-state index in [0.29, 0.717) is 11.8 Å². The van der Waals surface area contributed by atoms with Crippen LogP contribution in [0.1, 0.15) is 44.9 Å². The summed E-state index contributed by atoms with van der Waals surface area (Å²) in [5, 5.41) is 0. The molecule has 0 unspecified atom stereocenters. The van der Waals surface area contributed by atoms with Gasteiger partial charge in [-0.1, -0.05) is 19.3 Å². The third-order valence-electron chi connectivity index (χ3n) is 4.62. The minimum atomic E-state index is -0.222. The van der Waals surface area contributed by atoms with Gasteiger partial charge in [0.1, 0.15) is 11.6 Å². The lowest BCUT2D eigenvalue weighted by atomic mass is 9.93. The molecule has 0 amide bonds. The summed E-state index contributed by atoms with van der Waals surface area (Å²) in [6.07, 6.45) is 9.18. The van der Waals surface area contributed by atoms with Crippen molar-refractivity contribution in [3.63, 3.8) is 0 Å². The van der Waals surface area contributed by atoms with Gasteiger partial charge in [-0.25, -0.2) is 4.39 Å². The Morgan fingerprint density at radius 3 is 2.55 bits per heavy atom. The lowest BCUT2D eigenvalue weighted by molar-refractivity contribution is 0.390. The zero-order valence-electron chi connectivity index (χ0n) is 12.3. The molecule has 2 nitrogen and oxygen atoms in total. The van der Waals surface area contributed by atoms with Crippen LogP contribution in [-0.4, -0.2) is 19.7 Å². The van der Waals surface area contributed by atoms with E-state index in [1.54, 1.807) is 13.2 Å². The van der Waals surface area contributed by atoms with Crippen LogP contribution in [0, 0.1) is 11.7 Å². The van der Waals surface area contributed by atoms with Crippen molar-refractivity contribution in [3.8, 4) is 5.75 Å². The summed E-state index contributed by atoms with van der Waals surface area (Å²) in [5.74, 6) is 1.28. The number of rotatable bonds is 5. The van der Waals surface area contributed by atoms with E-state index >= 15 is 0 Å². The molecule has 2 aliphatic rings. The van der Waals surface area contributed by atoms with Crippen molar-refractivity contribution in [2.75, 3.05) is 18.6 Å². The minimum Gasteiger partial charge on any atom is -0.494 e. The van der Waals surface area contributed by atoms with Crippen LogP contribution in [0.2, 0.25) is 0 Å². The van der Waals surface area contributed by atoms with Gasteiger partial charge in [0.2, 0.25) is 0 Å². The second kappa shape index (κ2) is 6.02. The van der Waals surface area contributed by atoms with Crippen LogP contribution in [0.25, 0.3) is 0 Å². The molecular weight excluding hydrogens is 253 g/mol. The smallest absolute Gasteiger partial charge is 0.145 e.